The van der Waals surface area contributed by atoms with E-state index in [9.17, 15) is 9.59 Å². The number of fused-ring (bicyclic) bond motifs is 1. The summed E-state index contributed by atoms with van der Waals surface area (Å²) in [7, 11) is 0. The van der Waals surface area contributed by atoms with Gasteiger partial charge < -0.3 is 0 Å². The first kappa shape index (κ1) is 19.5. The van der Waals surface area contributed by atoms with E-state index in [0.29, 0.717) is 17.3 Å². The molecule has 2 aromatic carbocycles. The fourth-order valence-electron chi connectivity index (χ4n) is 3.01. The average Bonchev–Trinajstić information content (AvgIpc) is 2.70. The molecule has 6 heteroatoms. The van der Waals surface area contributed by atoms with Gasteiger partial charge in [-0.1, -0.05) is 69.3 Å². The van der Waals surface area contributed by atoms with E-state index in [1.165, 1.54) is 4.68 Å². The van der Waals surface area contributed by atoms with Gasteiger partial charge >= 0.3 is 0 Å². The Labute approximate surface area is 163 Å². The van der Waals surface area contributed by atoms with E-state index in [0.717, 1.165) is 12.0 Å². The fourth-order valence-corrected chi connectivity index (χ4v) is 3.01. The summed E-state index contributed by atoms with van der Waals surface area (Å²) in [5, 5.41) is 9.43. The maximum absolute atomic E-state index is 12.7. The first-order valence-corrected chi connectivity index (χ1v) is 9.34. The van der Waals surface area contributed by atoms with Crippen molar-refractivity contribution in [2.45, 2.75) is 39.2 Å². The van der Waals surface area contributed by atoms with Gasteiger partial charge in [0.15, 0.2) is 5.69 Å². The van der Waals surface area contributed by atoms with Crippen molar-refractivity contribution in [1.82, 2.24) is 15.2 Å². The lowest BCUT2D eigenvalue weighted by atomic mass is 9.86. The minimum absolute atomic E-state index is 0.192. The molecule has 0 spiro atoms. The molecule has 0 fully saturated rings. The van der Waals surface area contributed by atoms with E-state index in [1.54, 1.807) is 30.5 Å². The molecule has 0 atom stereocenters. The second-order valence-electron chi connectivity index (χ2n) is 7.21. The van der Waals surface area contributed by atoms with Crippen LogP contribution in [0.15, 0.2) is 64.5 Å². The lowest BCUT2D eigenvalue weighted by molar-refractivity contribution is 0.0949. The van der Waals surface area contributed by atoms with Crippen LogP contribution in [-0.2, 0) is 12.0 Å². The Morgan fingerprint density at radius 2 is 1.75 bits per heavy atom. The molecular weight excluding hydrogens is 352 g/mol. The molecule has 0 aliphatic heterocycles. The minimum Gasteiger partial charge on any atom is -0.267 e. The lowest BCUT2D eigenvalue weighted by Crippen LogP contribution is -2.29. The molecule has 144 valence electrons. The molecule has 1 N–H and O–H groups in total. The van der Waals surface area contributed by atoms with Crippen molar-refractivity contribution >= 4 is 22.9 Å². The van der Waals surface area contributed by atoms with Crippen molar-refractivity contribution in [1.29, 1.82) is 0 Å². The zero-order valence-corrected chi connectivity index (χ0v) is 16.3. The number of carbonyl (C=O) groups is 1. The zero-order valence-electron chi connectivity index (χ0n) is 16.3. The molecule has 28 heavy (non-hydrogen) atoms. The third kappa shape index (κ3) is 4.01. The number of amides is 1. The summed E-state index contributed by atoms with van der Waals surface area (Å²) in [6, 6.07) is 16.9. The molecule has 0 bridgehead atoms. The molecule has 3 aromatic rings. The number of aromatic nitrogens is 2. The van der Waals surface area contributed by atoms with Gasteiger partial charge in [0.1, 0.15) is 0 Å². The van der Waals surface area contributed by atoms with E-state index in [2.05, 4.69) is 15.6 Å². The summed E-state index contributed by atoms with van der Waals surface area (Å²) < 4.78 is 1.34. The van der Waals surface area contributed by atoms with Crippen molar-refractivity contribution < 1.29 is 4.79 Å². The quantitative estimate of drug-likeness (QED) is 0.528. The molecule has 0 unspecified atom stereocenters. The predicted molar refractivity (Wildman–Crippen MR) is 112 cm³/mol. The molecule has 0 saturated carbocycles. The van der Waals surface area contributed by atoms with Crippen molar-refractivity contribution in [2.24, 2.45) is 5.10 Å². The number of hydrogen-bond acceptors (Lipinski definition) is 4. The molecule has 1 amide bonds. The highest BCUT2D eigenvalue weighted by atomic mass is 16.2. The van der Waals surface area contributed by atoms with E-state index >= 15 is 0 Å². The number of aryl methyl sites for hydroxylation is 1. The molecule has 0 saturated heterocycles. The highest BCUT2D eigenvalue weighted by Crippen LogP contribution is 2.20. The molecule has 1 aromatic heterocycles. The number of rotatable bonds is 6. The second kappa shape index (κ2) is 8.17. The Morgan fingerprint density at radius 3 is 2.43 bits per heavy atom. The van der Waals surface area contributed by atoms with Gasteiger partial charge in [-0.25, -0.2) is 10.1 Å². The molecule has 0 aliphatic carbocycles. The van der Waals surface area contributed by atoms with Crippen LogP contribution in [0.2, 0.25) is 0 Å². The fraction of sp³-hybridized carbons (Fsp3) is 0.273. The molecular formula is C22H24N4O2. The summed E-state index contributed by atoms with van der Waals surface area (Å²) in [6.07, 6.45) is 2.44. The number of nitrogens with one attached hydrogen (secondary N) is 1. The summed E-state index contributed by atoms with van der Waals surface area (Å²) in [6.45, 7) is 6.45. The van der Waals surface area contributed by atoms with Crippen molar-refractivity contribution in [3.63, 3.8) is 0 Å². The van der Waals surface area contributed by atoms with E-state index in [4.69, 9.17) is 0 Å². The summed E-state index contributed by atoms with van der Waals surface area (Å²) in [5.74, 6) is -0.443. The topological polar surface area (TPSA) is 76.3 Å². The molecule has 0 aliphatic rings. The van der Waals surface area contributed by atoms with Gasteiger partial charge in [0.2, 0.25) is 0 Å². The third-order valence-corrected chi connectivity index (χ3v) is 4.59. The molecule has 3 rings (SSSR count). The maximum atomic E-state index is 12.7. The Kier molecular flexibility index (Phi) is 5.68. The number of hydrazone groups is 1. The van der Waals surface area contributed by atoms with Crippen LogP contribution in [0.4, 0.5) is 0 Å². The smallest absolute Gasteiger partial charge is 0.267 e. The van der Waals surface area contributed by atoms with Crippen LogP contribution in [-0.4, -0.2) is 21.9 Å². The van der Waals surface area contributed by atoms with Gasteiger partial charge in [0.05, 0.1) is 5.39 Å². The van der Waals surface area contributed by atoms with Crippen molar-refractivity contribution in [2.75, 3.05) is 0 Å². The number of carbonyl (C=O) groups excluding carboxylic acids is 1. The first-order chi connectivity index (χ1) is 13.4. The highest BCUT2D eigenvalue weighted by molar-refractivity contribution is 6.04. The van der Waals surface area contributed by atoms with Crippen LogP contribution in [0.3, 0.4) is 0 Å². The monoisotopic (exact) mass is 376 g/mol. The SMILES string of the molecule is CCCn1nc(C(=O)NN=CC(C)(C)c2ccccc2)c2ccccc2c1=O. The van der Waals surface area contributed by atoms with Gasteiger partial charge in [0, 0.05) is 23.6 Å². The Morgan fingerprint density at radius 1 is 1.11 bits per heavy atom. The standard InChI is InChI=1S/C22H24N4O2/c1-4-14-26-21(28)18-13-9-8-12-17(18)19(25-26)20(27)24-23-15-22(2,3)16-10-6-5-7-11-16/h5-13,15H,4,14H2,1-3H3,(H,24,27). The van der Waals surface area contributed by atoms with Gasteiger partial charge in [-0.2, -0.15) is 10.2 Å². The molecule has 1 heterocycles. The lowest BCUT2D eigenvalue weighted by Gasteiger charge is -2.19. The van der Waals surface area contributed by atoms with Crippen LogP contribution in [0.5, 0.6) is 0 Å². The van der Waals surface area contributed by atoms with Gasteiger partial charge in [0.25, 0.3) is 11.5 Å². The molecule has 0 radical (unpaired) electrons. The predicted octanol–water partition coefficient (Wildman–Crippen LogP) is 3.50. The number of nitrogens with zero attached hydrogens (tertiary/aromatic N) is 3. The molecule has 6 nitrogen and oxygen atoms in total. The summed E-state index contributed by atoms with van der Waals surface area (Å²) in [4.78, 5) is 25.3. The van der Waals surface area contributed by atoms with Gasteiger partial charge in [-0.15, -0.1) is 0 Å². The Balaban J connectivity index is 1.89. The van der Waals surface area contributed by atoms with E-state index in [-0.39, 0.29) is 16.7 Å². The van der Waals surface area contributed by atoms with E-state index < -0.39 is 5.91 Å². The maximum Gasteiger partial charge on any atom is 0.292 e. The van der Waals surface area contributed by atoms with Gasteiger partial charge in [-0.05, 0) is 18.1 Å². The minimum atomic E-state index is -0.443. The average molecular weight is 376 g/mol. The normalized spacial score (nSPS) is 11.8. The summed E-state index contributed by atoms with van der Waals surface area (Å²) in [5.41, 5.74) is 3.31. The number of hydrogen-bond donors (Lipinski definition) is 1. The Bertz CT molecular complexity index is 1070. The van der Waals surface area contributed by atoms with Crippen LogP contribution in [0.1, 0.15) is 43.2 Å². The van der Waals surface area contributed by atoms with Crippen LogP contribution >= 0.6 is 0 Å². The third-order valence-electron chi connectivity index (χ3n) is 4.59. The summed E-state index contributed by atoms with van der Waals surface area (Å²) >= 11 is 0. The zero-order chi connectivity index (χ0) is 20.1. The van der Waals surface area contributed by atoms with Crippen LogP contribution in [0, 0.1) is 0 Å². The van der Waals surface area contributed by atoms with Crippen LogP contribution in [0.25, 0.3) is 10.8 Å². The largest absolute Gasteiger partial charge is 0.292 e. The van der Waals surface area contributed by atoms with Crippen LogP contribution < -0.4 is 11.0 Å². The number of benzene rings is 2. The van der Waals surface area contributed by atoms with Crippen molar-refractivity contribution in [3.05, 3.63) is 76.2 Å². The van der Waals surface area contributed by atoms with Gasteiger partial charge in [-0.3, -0.25) is 9.59 Å². The van der Waals surface area contributed by atoms with E-state index in [1.807, 2.05) is 51.1 Å². The first-order valence-electron chi connectivity index (χ1n) is 9.34. The highest BCUT2D eigenvalue weighted by Gasteiger charge is 2.19. The Hall–Kier alpha value is -3.28. The van der Waals surface area contributed by atoms with Crippen molar-refractivity contribution in [3.8, 4) is 0 Å². The second-order valence-corrected chi connectivity index (χ2v) is 7.21.